The Balaban J connectivity index is 1.72. The van der Waals surface area contributed by atoms with Gasteiger partial charge < -0.3 is 0 Å². The van der Waals surface area contributed by atoms with E-state index in [1.807, 2.05) is 6.08 Å². The van der Waals surface area contributed by atoms with E-state index in [0.717, 1.165) is 22.9 Å². The molecule has 33 heavy (non-hydrogen) atoms. The Morgan fingerprint density at radius 3 is 2.21 bits per heavy atom. The van der Waals surface area contributed by atoms with Gasteiger partial charge in [0, 0.05) is 4.47 Å². The fourth-order valence-electron chi connectivity index (χ4n) is 5.36. The number of benzene rings is 4. The summed E-state index contributed by atoms with van der Waals surface area (Å²) in [5.41, 5.74) is 10.5. The minimum atomic E-state index is -0.227. The first-order valence-electron chi connectivity index (χ1n) is 11.9. The Morgan fingerprint density at radius 1 is 0.788 bits per heavy atom. The molecule has 4 aromatic rings. The van der Waals surface area contributed by atoms with Gasteiger partial charge in [-0.1, -0.05) is 121 Å². The third-order valence-electron chi connectivity index (χ3n) is 7.07. The number of hydrogen-bond acceptors (Lipinski definition) is 0. The average Bonchev–Trinajstić information content (AvgIpc) is 3.13. The SMILES string of the molecule is C=Cc1ccc(CC2(c3ccc(CCCC)cc3)c3ccccc3-c3ccc(Br)cc32)cc1. The molecular weight excluding hydrogens is 464 g/mol. The van der Waals surface area contributed by atoms with Crippen LogP contribution in [0.3, 0.4) is 0 Å². The molecule has 0 fully saturated rings. The van der Waals surface area contributed by atoms with Crippen LogP contribution >= 0.6 is 15.9 Å². The highest BCUT2D eigenvalue weighted by atomic mass is 79.9. The van der Waals surface area contributed by atoms with E-state index in [4.69, 9.17) is 0 Å². The lowest BCUT2D eigenvalue weighted by Crippen LogP contribution is -2.30. The molecule has 5 rings (SSSR count). The first-order valence-corrected chi connectivity index (χ1v) is 12.7. The minimum absolute atomic E-state index is 0.227. The monoisotopic (exact) mass is 492 g/mol. The fraction of sp³-hybridized carbons (Fsp3) is 0.188. The number of rotatable bonds is 7. The van der Waals surface area contributed by atoms with E-state index in [9.17, 15) is 0 Å². The third kappa shape index (κ3) is 3.89. The predicted octanol–water partition coefficient (Wildman–Crippen LogP) is 8.99. The van der Waals surface area contributed by atoms with Crippen LogP contribution in [0.5, 0.6) is 0 Å². The smallest absolute Gasteiger partial charge is 0.0504 e. The molecule has 0 amide bonds. The highest BCUT2D eigenvalue weighted by Crippen LogP contribution is 2.54. The van der Waals surface area contributed by atoms with Crippen molar-refractivity contribution in [1.82, 2.24) is 0 Å². The second kappa shape index (κ2) is 9.15. The highest BCUT2D eigenvalue weighted by Gasteiger charge is 2.44. The molecule has 0 aromatic heterocycles. The van der Waals surface area contributed by atoms with Crippen molar-refractivity contribution in [1.29, 1.82) is 0 Å². The third-order valence-corrected chi connectivity index (χ3v) is 7.56. The molecule has 4 aromatic carbocycles. The van der Waals surface area contributed by atoms with Crippen molar-refractivity contribution in [2.45, 2.75) is 38.0 Å². The summed E-state index contributed by atoms with van der Waals surface area (Å²) in [4.78, 5) is 0. The molecule has 0 spiro atoms. The largest absolute Gasteiger partial charge is 0.0985 e. The maximum absolute atomic E-state index is 3.92. The van der Waals surface area contributed by atoms with Gasteiger partial charge in [-0.05, 0) is 75.9 Å². The van der Waals surface area contributed by atoms with Crippen molar-refractivity contribution in [3.63, 3.8) is 0 Å². The molecule has 1 aliphatic rings. The molecule has 0 heterocycles. The summed E-state index contributed by atoms with van der Waals surface area (Å²) in [7, 11) is 0. The molecule has 0 bridgehead atoms. The molecular formula is C32H29Br. The maximum atomic E-state index is 3.92. The van der Waals surface area contributed by atoms with Crippen LogP contribution in [0, 0.1) is 0 Å². The normalized spacial score (nSPS) is 16.3. The van der Waals surface area contributed by atoms with E-state index in [-0.39, 0.29) is 5.41 Å². The van der Waals surface area contributed by atoms with Crippen LogP contribution in [-0.4, -0.2) is 0 Å². The van der Waals surface area contributed by atoms with Crippen molar-refractivity contribution in [2.75, 3.05) is 0 Å². The number of hydrogen-bond donors (Lipinski definition) is 0. The summed E-state index contributed by atoms with van der Waals surface area (Å²) < 4.78 is 1.13. The quantitative estimate of drug-likeness (QED) is 0.241. The molecule has 164 valence electrons. The number of halogens is 1. The van der Waals surface area contributed by atoms with E-state index >= 15 is 0 Å². The molecule has 1 atom stereocenters. The minimum Gasteiger partial charge on any atom is -0.0985 e. The number of aryl methyl sites for hydroxylation is 1. The van der Waals surface area contributed by atoms with Crippen LogP contribution in [0.15, 0.2) is 102 Å². The van der Waals surface area contributed by atoms with Crippen LogP contribution in [0.1, 0.15) is 53.1 Å². The molecule has 0 nitrogen and oxygen atoms in total. The van der Waals surface area contributed by atoms with Gasteiger partial charge in [-0.2, -0.15) is 0 Å². The second-order valence-corrected chi connectivity index (χ2v) is 9.98. The zero-order chi connectivity index (χ0) is 22.8. The van der Waals surface area contributed by atoms with Crippen molar-refractivity contribution in [2.24, 2.45) is 0 Å². The summed E-state index contributed by atoms with van der Waals surface area (Å²) in [5.74, 6) is 0. The number of unbranched alkanes of at least 4 members (excludes halogenated alkanes) is 1. The standard InChI is InChI=1S/C32H29Br/c1-3-5-8-24-15-17-26(18-16-24)32(22-25-13-11-23(4-2)12-14-25)30-10-7-6-9-28(30)29-20-19-27(33)21-31(29)32/h4,6-7,9-21H,2-3,5,8,22H2,1H3. The predicted molar refractivity (Wildman–Crippen MR) is 145 cm³/mol. The lowest BCUT2D eigenvalue weighted by Gasteiger charge is -2.33. The summed E-state index contributed by atoms with van der Waals surface area (Å²) in [5, 5.41) is 0. The van der Waals surface area contributed by atoms with Crippen molar-refractivity contribution >= 4 is 22.0 Å². The summed E-state index contributed by atoms with van der Waals surface area (Å²) in [6.45, 7) is 6.17. The molecule has 0 N–H and O–H groups in total. The first kappa shape index (κ1) is 21.9. The molecule has 0 aliphatic heterocycles. The molecule has 0 saturated heterocycles. The highest BCUT2D eigenvalue weighted by molar-refractivity contribution is 9.10. The van der Waals surface area contributed by atoms with Gasteiger partial charge in [0.25, 0.3) is 0 Å². The van der Waals surface area contributed by atoms with Gasteiger partial charge in [-0.3, -0.25) is 0 Å². The summed E-state index contributed by atoms with van der Waals surface area (Å²) >= 11 is 3.77. The Morgan fingerprint density at radius 2 is 1.48 bits per heavy atom. The lowest BCUT2D eigenvalue weighted by atomic mass is 9.68. The van der Waals surface area contributed by atoms with Crippen molar-refractivity contribution < 1.29 is 0 Å². The van der Waals surface area contributed by atoms with Gasteiger partial charge in [0.05, 0.1) is 5.41 Å². The zero-order valence-corrected chi connectivity index (χ0v) is 20.7. The molecule has 1 aliphatic carbocycles. The molecule has 1 heteroatoms. The van der Waals surface area contributed by atoms with Gasteiger partial charge in [0.1, 0.15) is 0 Å². The topological polar surface area (TPSA) is 0 Å². The molecule has 0 radical (unpaired) electrons. The molecule has 0 saturated carbocycles. The van der Waals surface area contributed by atoms with E-state index in [1.165, 1.54) is 51.8 Å². The van der Waals surface area contributed by atoms with Crippen molar-refractivity contribution in [3.8, 4) is 11.1 Å². The Bertz CT molecular complexity index is 1280. The Labute approximate surface area is 206 Å². The lowest BCUT2D eigenvalue weighted by molar-refractivity contribution is 0.628. The Kier molecular flexibility index (Phi) is 6.08. The van der Waals surface area contributed by atoms with Crippen LogP contribution in [0.4, 0.5) is 0 Å². The van der Waals surface area contributed by atoms with E-state index in [1.54, 1.807) is 0 Å². The van der Waals surface area contributed by atoms with Gasteiger partial charge >= 0.3 is 0 Å². The van der Waals surface area contributed by atoms with Crippen LogP contribution in [-0.2, 0) is 18.3 Å². The van der Waals surface area contributed by atoms with Gasteiger partial charge in [-0.25, -0.2) is 0 Å². The summed E-state index contributed by atoms with van der Waals surface area (Å²) in [6.07, 6.45) is 6.43. The van der Waals surface area contributed by atoms with E-state index < -0.39 is 0 Å². The van der Waals surface area contributed by atoms with Gasteiger partial charge in [-0.15, -0.1) is 0 Å². The van der Waals surface area contributed by atoms with Crippen LogP contribution in [0.2, 0.25) is 0 Å². The summed E-state index contributed by atoms with van der Waals surface area (Å²) in [6, 6.07) is 34.0. The fourth-order valence-corrected chi connectivity index (χ4v) is 5.72. The maximum Gasteiger partial charge on any atom is 0.0504 e. The van der Waals surface area contributed by atoms with Gasteiger partial charge in [0.15, 0.2) is 0 Å². The van der Waals surface area contributed by atoms with E-state index in [0.29, 0.717) is 0 Å². The zero-order valence-electron chi connectivity index (χ0n) is 19.2. The van der Waals surface area contributed by atoms with Crippen LogP contribution < -0.4 is 0 Å². The Hall–Kier alpha value is -2.90. The van der Waals surface area contributed by atoms with Crippen molar-refractivity contribution in [3.05, 3.63) is 135 Å². The number of fused-ring (bicyclic) bond motifs is 3. The molecule has 1 unspecified atom stereocenters. The second-order valence-electron chi connectivity index (χ2n) is 9.06. The van der Waals surface area contributed by atoms with Crippen LogP contribution in [0.25, 0.3) is 17.2 Å². The average molecular weight is 493 g/mol. The van der Waals surface area contributed by atoms with Gasteiger partial charge in [0.2, 0.25) is 0 Å². The first-order chi connectivity index (χ1) is 16.2. The van der Waals surface area contributed by atoms with E-state index in [2.05, 4.69) is 120 Å².